The van der Waals surface area contributed by atoms with Crippen molar-refractivity contribution in [3.8, 4) is 17.3 Å². The number of carbonyl (C=O) groups is 1. The van der Waals surface area contributed by atoms with E-state index in [-0.39, 0.29) is 5.91 Å². The van der Waals surface area contributed by atoms with Crippen molar-refractivity contribution in [2.24, 2.45) is 0 Å². The van der Waals surface area contributed by atoms with Crippen LogP contribution in [-0.2, 0) is 0 Å². The number of nitrogens with one attached hydrogen (secondary N) is 1. The summed E-state index contributed by atoms with van der Waals surface area (Å²) < 4.78 is 0. The Morgan fingerprint density at radius 1 is 1.17 bits per heavy atom. The zero-order valence-electron chi connectivity index (χ0n) is 11.8. The third-order valence-electron chi connectivity index (χ3n) is 3.15. The van der Waals surface area contributed by atoms with E-state index in [4.69, 9.17) is 16.9 Å². The third kappa shape index (κ3) is 3.39. The number of hydrogen-bond acceptors (Lipinski definition) is 4. The van der Waals surface area contributed by atoms with Crippen molar-refractivity contribution in [2.45, 2.75) is 0 Å². The van der Waals surface area contributed by atoms with E-state index in [0.29, 0.717) is 21.3 Å². The van der Waals surface area contributed by atoms with Crippen molar-refractivity contribution in [2.75, 3.05) is 5.32 Å². The van der Waals surface area contributed by atoms with E-state index in [0.717, 1.165) is 11.3 Å². The molecule has 1 N–H and O–H groups in total. The molecule has 0 aliphatic rings. The molecule has 0 aliphatic carbocycles. The first-order valence-electron chi connectivity index (χ1n) is 6.69. The summed E-state index contributed by atoms with van der Waals surface area (Å²) in [7, 11) is 0. The number of nitriles is 1. The van der Waals surface area contributed by atoms with Gasteiger partial charge >= 0.3 is 0 Å². The standard InChI is InChI=1S/C17H10ClN3OS/c18-14-4-2-1-3-13(14)16(22)21-17-20-15(10-23-17)12-7-5-11(9-19)6-8-12/h1-8,10H,(H,20,21,22). The smallest absolute Gasteiger partial charge is 0.258 e. The number of carbonyl (C=O) groups excluding carboxylic acids is 1. The van der Waals surface area contributed by atoms with Gasteiger partial charge in [-0.2, -0.15) is 5.26 Å². The van der Waals surface area contributed by atoms with Gasteiger partial charge in [-0.15, -0.1) is 11.3 Å². The van der Waals surface area contributed by atoms with Crippen LogP contribution >= 0.6 is 22.9 Å². The van der Waals surface area contributed by atoms with E-state index in [1.165, 1.54) is 11.3 Å². The molecule has 2 aromatic carbocycles. The van der Waals surface area contributed by atoms with Gasteiger partial charge in [-0.25, -0.2) is 4.98 Å². The molecule has 0 aliphatic heterocycles. The summed E-state index contributed by atoms with van der Waals surface area (Å²) in [6.07, 6.45) is 0. The molecule has 3 rings (SSSR count). The maximum absolute atomic E-state index is 12.2. The predicted molar refractivity (Wildman–Crippen MR) is 91.7 cm³/mol. The molecule has 1 heterocycles. The van der Waals surface area contributed by atoms with Crippen LogP contribution in [0.3, 0.4) is 0 Å². The Hall–Kier alpha value is -2.68. The molecule has 0 unspecified atom stereocenters. The van der Waals surface area contributed by atoms with Gasteiger partial charge in [0.25, 0.3) is 5.91 Å². The van der Waals surface area contributed by atoms with E-state index >= 15 is 0 Å². The molecule has 0 atom stereocenters. The maximum Gasteiger partial charge on any atom is 0.258 e. The minimum absolute atomic E-state index is 0.295. The van der Waals surface area contributed by atoms with Crippen LogP contribution in [0.1, 0.15) is 15.9 Å². The van der Waals surface area contributed by atoms with E-state index < -0.39 is 0 Å². The molecule has 0 fully saturated rings. The zero-order chi connectivity index (χ0) is 16.2. The van der Waals surface area contributed by atoms with Crippen LogP contribution in [0.25, 0.3) is 11.3 Å². The zero-order valence-corrected chi connectivity index (χ0v) is 13.4. The number of aromatic nitrogens is 1. The Morgan fingerprint density at radius 3 is 2.61 bits per heavy atom. The van der Waals surface area contributed by atoms with Crippen molar-refractivity contribution in [3.63, 3.8) is 0 Å². The van der Waals surface area contributed by atoms with Gasteiger partial charge in [0.15, 0.2) is 5.13 Å². The van der Waals surface area contributed by atoms with E-state index in [9.17, 15) is 4.79 Å². The van der Waals surface area contributed by atoms with Gasteiger partial charge in [0.1, 0.15) is 0 Å². The van der Waals surface area contributed by atoms with Crippen LogP contribution in [0.4, 0.5) is 5.13 Å². The van der Waals surface area contributed by atoms with Crippen molar-refractivity contribution in [1.29, 1.82) is 5.26 Å². The summed E-state index contributed by atoms with van der Waals surface area (Å²) >= 11 is 7.34. The highest BCUT2D eigenvalue weighted by atomic mass is 35.5. The van der Waals surface area contributed by atoms with Crippen LogP contribution in [0.2, 0.25) is 5.02 Å². The van der Waals surface area contributed by atoms with Crippen molar-refractivity contribution in [1.82, 2.24) is 4.98 Å². The molecule has 3 aromatic rings. The minimum atomic E-state index is -0.295. The summed E-state index contributed by atoms with van der Waals surface area (Å²) in [6, 6.07) is 16.0. The molecule has 0 saturated heterocycles. The number of hydrogen-bond donors (Lipinski definition) is 1. The SMILES string of the molecule is N#Cc1ccc(-c2csc(NC(=O)c3ccccc3Cl)n2)cc1. The summed E-state index contributed by atoms with van der Waals surface area (Å²) in [6.45, 7) is 0. The number of benzene rings is 2. The fourth-order valence-electron chi connectivity index (χ4n) is 1.99. The predicted octanol–water partition coefficient (Wildman–Crippen LogP) is 4.59. The number of nitrogens with zero attached hydrogens (tertiary/aromatic N) is 2. The van der Waals surface area contributed by atoms with E-state index in [2.05, 4.69) is 16.4 Å². The summed E-state index contributed by atoms with van der Waals surface area (Å²) in [5.41, 5.74) is 2.63. The van der Waals surface area contributed by atoms with Gasteiger partial charge in [0, 0.05) is 10.9 Å². The Labute approximate surface area is 142 Å². The fourth-order valence-corrected chi connectivity index (χ4v) is 2.93. The number of halogens is 1. The maximum atomic E-state index is 12.2. The second-order valence-electron chi connectivity index (χ2n) is 4.66. The highest BCUT2D eigenvalue weighted by Gasteiger charge is 2.12. The Morgan fingerprint density at radius 2 is 1.91 bits per heavy atom. The van der Waals surface area contributed by atoms with Gasteiger partial charge in [-0.05, 0) is 24.3 Å². The van der Waals surface area contributed by atoms with Gasteiger partial charge in [0.2, 0.25) is 0 Å². The third-order valence-corrected chi connectivity index (χ3v) is 4.24. The summed E-state index contributed by atoms with van der Waals surface area (Å²) in [5.74, 6) is -0.295. The molecule has 6 heteroatoms. The van der Waals surface area contributed by atoms with E-state index in [1.807, 2.05) is 17.5 Å². The molecule has 4 nitrogen and oxygen atoms in total. The van der Waals surface area contributed by atoms with Crippen LogP contribution in [0.5, 0.6) is 0 Å². The second-order valence-corrected chi connectivity index (χ2v) is 5.93. The highest BCUT2D eigenvalue weighted by molar-refractivity contribution is 7.14. The van der Waals surface area contributed by atoms with Crippen LogP contribution < -0.4 is 5.32 Å². The van der Waals surface area contributed by atoms with Crippen LogP contribution in [0, 0.1) is 11.3 Å². The Bertz CT molecular complexity index is 897. The molecule has 23 heavy (non-hydrogen) atoms. The van der Waals surface area contributed by atoms with Crippen molar-refractivity contribution in [3.05, 3.63) is 70.1 Å². The number of rotatable bonds is 3. The number of amides is 1. The molecule has 0 radical (unpaired) electrons. The lowest BCUT2D eigenvalue weighted by molar-refractivity contribution is 0.102. The van der Waals surface area contributed by atoms with Gasteiger partial charge in [-0.3, -0.25) is 10.1 Å². The molecule has 112 valence electrons. The molecule has 0 saturated carbocycles. The Kier molecular flexibility index (Phi) is 4.38. The highest BCUT2D eigenvalue weighted by Crippen LogP contribution is 2.26. The largest absolute Gasteiger partial charge is 0.298 e. The van der Waals surface area contributed by atoms with E-state index in [1.54, 1.807) is 36.4 Å². The monoisotopic (exact) mass is 339 g/mol. The lowest BCUT2D eigenvalue weighted by Crippen LogP contribution is -2.12. The average Bonchev–Trinajstić information content (AvgIpc) is 3.03. The molecule has 1 aromatic heterocycles. The van der Waals surface area contributed by atoms with Gasteiger partial charge < -0.3 is 0 Å². The molecular weight excluding hydrogens is 330 g/mol. The quantitative estimate of drug-likeness (QED) is 0.759. The average molecular weight is 340 g/mol. The van der Waals surface area contributed by atoms with Crippen LogP contribution in [-0.4, -0.2) is 10.9 Å². The van der Waals surface area contributed by atoms with Crippen molar-refractivity contribution >= 4 is 34.0 Å². The molecule has 0 bridgehead atoms. The van der Waals surface area contributed by atoms with Gasteiger partial charge in [-0.1, -0.05) is 35.9 Å². The summed E-state index contributed by atoms with van der Waals surface area (Å²) in [5, 5.41) is 14.3. The lowest BCUT2D eigenvalue weighted by atomic mass is 10.1. The van der Waals surface area contributed by atoms with Crippen LogP contribution in [0.15, 0.2) is 53.9 Å². The number of thiazole rings is 1. The first-order chi connectivity index (χ1) is 11.2. The summed E-state index contributed by atoms with van der Waals surface area (Å²) in [4.78, 5) is 16.6. The molecule has 0 spiro atoms. The first kappa shape index (κ1) is 15.2. The second kappa shape index (κ2) is 6.61. The molecule has 1 amide bonds. The molecular formula is C17H10ClN3OS. The minimum Gasteiger partial charge on any atom is -0.298 e. The first-order valence-corrected chi connectivity index (χ1v) is 7.95. The van der Waals surface area contributed by atoms with Crippen molar-refractivity contribution < 1.29 is 4.79 Å². The normalized spacial score (nSPS) is 10.1. The topological polar surface area (TPSA) is 65.8 Å². The van der Waals surface area contributed by atoms with Gasteiger partial charge in [0.05, 0.1) is 27.9 Å². The Balaban J connectivity index is 1.78. The number of anilines is 1. The lowest BCUT2D eigenvalue weighted by Gasteiger charge is -2.03. The fraction of sp³-hybridized carbons (Fsp3) is 0.